The first-order valence-electron chi connectivity index (χ1n) is 7.90. The fourth-order valence-electron chi connectivity index (χ4n) is 3.04. The SMILES string of the molecule is CC[C@]1(c2ccc(F)cc2)NC(=O)N(Cc2cccnc2OC)C1=O. The van der Waals surface area contributed by atoms with Crippen LogP contribution in [-0.2, 0) is 16.9 Å². The van der Waals surface area contributed by atoms with E-state index < -0.39 is 17.4 Å². The van der Waals surface area contributed by atoms with Crippen molar-refractivity contribution in [2.24, 2.45) is 0 Å². The highest BCUT2D eigenvalue weighted by Crippen LogP contribution is 2.33. The van der Waals surface area contributed by atoms with E-state index >= 15 is 0 Å². The van der Waals surface area contributed by atoms with Gasteiger partial charge in [0, 0.05) is 11.8 Å². The number of urea groups is 1. The van der Waals surface area contributed by atoms with Gasteiger partial charge in [0.05, 0.1) is 13.7 Å². The number of benzene rings is 1. The van der Waals surface area contributed by atoms with Crippen LogP contribution in [0.1, 0.15) is 24.5 Å². The highest BCUT2D eigenvalue weighted by molar-refractivity contribution is 6.07. The number of nitrogens with one attached hydrogen (secondary N) is 1. The van der Waals surface area contributed by atoms with E-state index in [1.807, 2.05) is 0 Å². The molecule has 1 saturated heterocycles. The Morgan fingerprint density at radius 1 is 1.24 bits per heavy atom. The number of nitrogens with zero attached hydrogens (tertiary/aromatic N) is 2. The van der Waals surface area contributed by atoms with E-state index in [0.717, 1.165) is 4.90 Å². The minimum atomic E-state index is -1.19. The van der Waals surface area contributed by atoms with Crippen LogP contribution < -0.4 is 10.1 Å². The first kappa shape index (κ1) is 16.9. The van der Waals surface area contributed by atoms with Crippen LogP contribution in [0.5, 0.6) is 5.88 Å². The largest absolute Gasteiger partial charge is 0.481 e. The first-order chi connectivity index (χ1) is 12.0. The van der Waals surface area contributed by atoms with Gasteiger partial charge in [-0.15, -0.1) is 0 Å². The average molecular weight is 343 g/mol. The van der Waals surface area contributed by atoms with Crippen molar-refractivity contribution in [3.63, 3.8) is 0 Å². The third kappa shape index (κ3) is 2.82. The Balaban J connectivity index is 1.94. The molecule has 1 aromatic carbocycles. The fraction of sp³-hybridized carbons (Fsp3) is 0.278. The topological polar surface area (TPSA) is 71.5 Å². The quantitative estimate of drug-likeness (QED) is 0.847. The molecule has 1 atom stereocenters. The van der Waals surface area contributed by atoms with Crippen LogP contribution in [0.15, 0.2) is 42.6 Å². The van der Waals surface area contributed by atoms with Gasteiger partial charge in [-0.25, -0.2) is 14.2 Å². The van der Waals surface area contributed by atoms with Crippen molar-refractivity contribution in [1.29, 1.82) is 0 Å². The molecule has 1 fully saturated rings. The Kier molecular flexibility index (Phi) is 4.39. The van der Waals surface area contributed by atoms with E-state index in [0.29, 0.717) is 23.4 Å². The standard InChI is InChI=1S/C18H18FN3O3/c1-3-18(13-6-8-14(19)9-7-13)16(23)22(17(24)21-18)11-12-5-4-10-20-15(12)25-2/h4-10H,3,11H2,1-2H3,(H,21,24)/t18-/m1/s1. The molecular weight excluding hydrogens is 325 g/mol. The molecule has 2 aromatic rings. The number of ether oxygens (including phenoxy) is 1. The van der Waals surface area contributed by atoms with E-state index in [9.17, 15) is 14.0 Å². The van der Waals surface area contributed by atoms with Crippen LogP contribution in [0.4, 0.5) is 9.18 Å². The number of methoxy groups -OCH3 is 1. The molecular formula is C18H18FN3O3. The Morgan fingerprint density at radius 2 is 1.96 bits per heavy atom. The van der Waals surface area contributed by atoms with Crippen LogP contribution >= 0.6 is 0 Å². The van der Waals surface area contributed by atoms with E-state index in [1.165, 1.54) is 31.4 Å². The lowest BCUT2D eigenvalue weighted by Crippen LogP contribution is -2.43. The molecule has 130 valence electrons. The van der Waals surface area contributed by atoms with Gasteiger partial charge in [-0.05, 0) is 30.2 Å². The van der Waals surface area contributed by atoms with Gasteiger partial charge < -0.3 is 10.1 Å². The summed E-state index contributed by atoms with van der Waals surface area (Å²) < 4.78 is 18.4. The number of pyridine rings is 1. The number of carbonyl (C=O) groups is 2. The van der Waals surface area contributed by atoms with Crippen LogP contribution in [0, 0.1) is 5.82 Å². The zero-order valence-electron chi connectivity index (χ0n) is 14.0. The van der Waals surface area contributed by atoms with Crippen molar-refractivity contribution < 1.29 is 18.7 Å². The second-order valence-electron chi connectivity index (χ2n) is 5.76. The molecule has 1 aliphatic heterocycles. The number of aromatic nitrogens is 1. The van der Waals surface area contributed by atoms with Crippen LogP contribution in [0.25, 0.3) is 0 Å². The lowest BCUT2D eigenvalue weighted by Gasteiger charge is -2.25. The van der Waals surface area contributed by atoms with Crippen LogP contribution in [0.2, 0.25) is 0 Å². The normalized spacial score (nSPS) is 19.9. The maximum atomic E-state index is 13.2. The minimum Gasteiger partial charge on any atom is -0.481 e. The molecule has 1 aromatic heterocycles. The molecule has 6 nitrogen and oxygen atoms in total. The highest BCUT2D eigenvalue weighted by atomic mass is 19.1. The minimum absolute atomic E-state index is 0.0463. The number of carbonyl (C=O) groups excluding carboxylic acids is 2. The van der Waals surface area contributed by atoms with E-state index in [1.54, 1.807) is 25.3 Å². The molecule has 0 bridgehead atoms. The second kappa shape index (κ2) is 6.51. The Bertz CT molecular complexity index is 809. The van der Waals surface area contributed by atoms with E-state index in [4.69, 9.17) is 4.74 Å². The number of imide groups is 1. The zero-order valence-corrected chi connectivity index (χ0v) is 14.0. The van der Waals surface area contributed by atoms with Gasteiger partial charge in [-0.2, -0.15) is 0 Å². The van der Waals surface area contributed by atoms with Gasteiger partial charge in [0.2, 0.25) is 5.88 Å². The third-order valence-corrected chi connectivity index (χ3v) is 4.41. The molecule has 3 amide bonds. The van der Waals surface area contributed by atoms with Crippen molar-refractivity contribution in [3.8, 4) is 5.88 Å². The molecule has 25 heavy (non-hydrogen) atoms. The van der Waals surface area contributed by atoms with Crippen molar-refractivity contribution in [1.82, 2.24) is 15.2 Å². The molecule has 2 heterocycles. The Morgan fingerprint density at radius 3 is 2.60 bits per heavy atom. The maximum Gasteiger partial charge on any atom is 0.325 e. The summed E-state index contributed by atoms with van der Waals surface area (Å²) in [5.74, 6) is -0.417. The van der Waals surface area contributed by atoms with Crippen molar-refractivity contribution in [2.45, 2.75) is 25.4 Å². The molecule has 3 rings (SSSR count). The summed E-state index contributed by atoms with van der Waals surface area (Å²) in [6.45, 7) is 1.85. The summed E-state index contributed by atoms with van der Waals surface area (Å²) in [5.41, 5.74) is -0.0184. The van der Waals surface area contributed by atoms with Crippen LogP contribution in [0.3, 0.4) is 0 Å². The Labute approximate surface area is 144 Å². The molecule has 0 saturated carbocycles. The number of hydrogen-bond donors (Lipinski definition) is 1. The smallest absolute Gasteiger partial charge is 0.325 e. The van der Waals surface area contributed by atoms with Gasteiger partial charge >= 0.3 is 6.03 Å². The summed E-state index contributed by atoms with van der Waals surface area (Å²) in [5, 5.41) is 2.76. The summed E-state index contributed by atoms with van der Waals surface area (Å²) in [6, 6.07) is 8.55. The predicted molar refractivity (Wildman–Crippen MR) is 88.2 cm³/mol. The molecule has 0 spiro atoms. The van der Waals surface area contributed by atoms with Gasteiger partial charge in [-0.3, -0.25) is 9.69 Å². The Hall–Kier alpha value is -2.96. The molecule has 0 unspecified atom stereocenters. The summed E-state index contributed by atoms with van der Waals surface area (Å²) in [6.07, 6.45) is 1.92. The monoisotopic (exact) mass is 343 g/mol. The molecule has 0 aliphatic carbocycles. The van der Waals surface area contributed by atoms with Crippen molar-refractivity contribution in [2.75, 3.05) is 7.11 Å². The predicted octanol–water partition coefficient (Wildman–Crippen LogP) is 2.59. The first-order valence-corrected chi connectivity index (χ1v) is 7.90. The number of amides is 3. The number of halogens is 1. The third-order valence-electron chi connectivity index (χ3n) is 4.41. The lowest BCUT2D eigenvalue weighted by atomic mass is 9.87. The lowest BCUT2D eigenvalue weighted by molar-refractivity contribution is -0.132. The summed E-state index contributed by atoms with van der Waals surface area (Å²) >= 11 is 0. The van der Waals surface area contributed by atoms with Gasteiger partial charge in [0.1, 0.15) is 11.4 Å². The molecule has 1 aliphatic rings. The highest BCUT2D eigenvalue weighted by Gasteiger charge is 2.51. The molecule has 7 heteroatoms. The second-order valence-corrected chi connectivity index (χ2v) is 5.76. The molecule has 1 N–H and O–H groups in total. The van der Waals surface area contributed by atoms with Gasteiger partial charge in [0.25, 0.3) is 5.91 Å². The zero-order chi connectivity index (χ0) is 18.0. The van der Waals surface area contributed by atoms with E-state index in [-0.39, 0.29) is 12.5 Å². The molecule has 0 radical (unpaired) electrons. The summed E-state index contributed by atoms with van der Waals surface area (Å²) in [4.78, 5) is 30.7. The van der Waals surface area contributed by atoms with E-state index in [2.05, 4.69) is 10.3 Å². The number of rotatable bonds is 5. The number of hydrogen-bond acceptors (Lipinski definition) is 4. The average Bonchev–Trinajstić information content (AvgIpc) is 2.88. The van der Waals surface area contributed by atoms with Crippen molar-refractivity contribution in [3.05, 3.63) is 59.5 Å². The van der Waals surface area contributed by atoms with Crippen molar-refractivity contribution >= 4 is 11.9 Å². The van der Waals surface area contributed by atoms with Gasteiger partial charge in [0.15, 0.2) is 0 Å². The maximum absolute atomic E-state index is 13.2. The van der Waals surface area contributed by atoms with Crippen LogP contribution in [-0.4, -0.2) is 28.9 Å². The van der Waals surface area contributed by atoms with Gasteiger partial charge in [-0.1, -0.05) is 25.1 Å². The summed E-state index contributed by atoms with van der Waals surface area (Å²) in [7, 11) is 1.48. The fourth-order valence-corrected chi connectivity index (χ4v) is 3.04.